The smallest absolute Gasteiger partial charge is 0.354 e. The summed E-state index contributed by atoms with van der Waals surface area (Å²) >= 11 is 0. The number of anilines is 1. The van der Waals surface area contributed by atoms with Crippen LogP contribution in [-0.2, 0) is 19.1 Å². The lowest BCUT2D eigenvalue weighted by Gasteiger charge is -2.11. The van der Waals surface area contributed by atoms with E-state index in [1.165, 1.54) is 19.2 Å². The summed E-state index contributed by atoms with van der Waals surface area (Å²) in [6.45, 7) is 0.0406. The lowest BCUT2D eigenvalue weighted by atomic mass is 10.1. The molecule has 1 N–H and O–H groups in total. The topological polar surface area (TPSA) is 100 Å². The second kappa shape index (κ2) is 6.61. The highest BCUT2D eigenvalue weighted by Gasteiger charge is 2.20. The zero-order valence-corrected chi connectivity index (χ0v) is 11.9. The number of hydrogen-bond donors (Lipinski definition) is 1. The summed E-state index contributed by atoms with van der Waals surface area (Å²) in [7, 11) is 2.33. The Balaban J connectivity index is 2.37. The molecule has 2 rings (SSSR count). The summed E-state index contributed by atoms with van der Waals surface area (Å²) in [5.41, 5.74) is 0.306. The molecule has 0 spiro atoms. The average molecular weight is 307 g/mol. The van der Waals surface area contributed by atoms with Crippen LogP contribution in [0.3, 0.4) is 0 Å². The standard InChI is InChI=1S/C14H13NO7/c1-19-13(17)5-10(14(18)20-2)15-9-4-12-11(21-7-22-12)3-8(9)6-16/h3-6,15H,7H2,1-2H3/b10-5+. The minimum Gasteiger partial charge on any atom is -0.466 e. The molecule has 1 aliphatic heterocycles. The van der Waals surface area contributed by atoms with Crippen molar-refractivity contribution in [1.29, 1.82) is 0 Å². The second-order valence-corrected chi connectivity index (χ2v) is 4.11. The number of fused-ring (bicyclic) bond motifs is 1. The third-order valence-electron chi connectivity index (χ3n) is 2.81. The Morgan fingerprint density at radius 2 is 1.86 bits per heavy atom. The number of benzene rings is 1. The number of methoxy groups -OCH3 is 2. The molecule has 0 unspecified atom stereocenters. The van der Waals surface area contributed by atoms with E-state index in [9.17, 15) is 14.4 Å². The molecule has 8 heteroatoms. The van der Waals surface area contributed by atoms with Crippen molar-refractivity contribution in [2.24, 2.45) is 0 Å². The van der Waals surface area contributed by atoms with Crippen LogP contribution >= 0.6 is 0 Å². The summed E-state index contributed by atoms with van der Waals surface area (Å²) in [6.07, 6.45) is 1.50. The van der Waals surface area contributed by atoms with E-state index < -0.39 is 11.9 Å². The van der Waals surface area contributed by atoms with Crippen LogP contribution < -0.4 is 14.8 Å². The Kier molecular flexibility index (Phi) is 4.62. The van der Waals surface area contributed by atoms with Gasteiger partial charge in [-0.2, -0.15) is 0 Å². The molecule has 0 atom stereocenters. The Morgan fingerprint density at radius 1 is 1.18 bits per heavy atom. The van der Waals surface area contributed by atoms with Crippen LogP contribution in [0, 0.1) is 0 Å². The minimum absolute atomic E-state index is 0.0406. The zero-order valence-electron chi connectivity index (χ0n) is 11.9. The summed E-state index contributed by atoms with van der Waals surface area (Å²) in [4.78, 5) is 34.2. The monoisotopic (exact) mass is 307 g/mol. The van der Waals surface area contributed by atoms with Gasteiger partial charge in [0, 0.05) is 11.6 Å². The SMILES string of the molecule is COC(=O)/C=C(/Nc1cc2c(cc1C=O)OCO2)C(=O)OC. The van der Waals surface area contributed by atoms with Gasteiger partial charge in [0.05, 0.1) is 26.0 Å². The number of nitrogens with one attached hydrogen (secondary N) is 1. The first-order valence-corrected chi connectivity index (χ1v) is 6.13. The maximum absolute atomic E-state index is 11.7. The number of ether oxygens (including phenoxy) is 4. The molecule has 1 aromatic carbocycles. The van der Waals surface area contributed by atoms with Crippen LogP contribution in [0.1, 0.15) is 10.4 Å². The fourth-order valence-corrected chi connectivity index (χ4v) is 1.74. The van der Waals surface area contributed by atoms with Gasteiger partial charge in [0.25, 0.3) is 0 Å². The molecule has 0 radical (unpaired) electrons. The van der Waals surface area contributed by atoms with E-state index in [1.807, 2.05) is 0 Å². The van der Waals surface area contributed by atoms with E-state index in [4.69, 9.17) is 9.47 Å². The summed E-state index contributed by atoms with van der Waals surface area (Å²) in [5, 5.41) is 2.66. The number of carbonyl (C=O) groups is 3. The van der Waals surface area contributed by atoms with Crippen LogP contribution in [0.25, 0.3) is 0 Å². The highest BCUT2D eigenvalue weighted by Crippen LogP contribution is 2.36. The van der Waals surface area contributed by atoms with Gasteiger partial charge in [-0.1, -0.05) is 0 Å². The first-order chi connectivity index (χ1) is 10.6. The van der Waals surface area contributed by atoms with Crippen LogP contribution in [0.2, 0.25) is 0 Å². The van der Waals surface area contributed by atoms with Crippen molar-refractivity contribution in [1.82, 2.24) is 0 Å². The second-order valence-electron chi connectivity index (χ2n) is 4.11. The van der Waals surface area contributed by atoms with Crippen molar-refractivity contribution < 1.29 is 33.3 Å². The van der Waals surface area contributed by atoms with Crippen molar-refractivity contribution in [3.8, 4) is 11.5 Å². The molecule has 0 aliphatic carbocycles. The molecule has 0 bridgehead atoms. The summed E-state index contributed by atoms with van der Waals surface area (Å²) in [5.74, 6) is -0.708. The molecule has 22 heavy (non-hydrogen) atoms. The van der Waals surface area contributed by atoms with Gasteiger partial charge in [0.1, 0.15) is 5.70 Å². The third kappa shape index (κ3) is 3.17. The van der Waals surface area contributed by atoms with Crippen molar-refractivity contribution >= 4 is 23.9 Å². The van der Waals surface area contributed by atoms with Gasteiger partial charge >= 0.3 is 11.9 Å². The molecule has 116 valence electrons. The molecule has 0 saturated carbocycles. The molecule has 1 aromatic rings. The maximum atomic E-state index is 11.7. The molecular formula is C14H13NO7. The van der Waals surface area contributed by atoms with E-state index in [1.54, 1.807) is 0 Å². The van der Waals surface area contributed by atoms with Crippen molar-refractivity contribution in [3.05, 3.63) is 29.5 Å². The Morgan fingerprint density at radius 3 is 2.45 bits per heavy atom. The van der Waals surface area contributed by atoms with Gasteiger partial charge in [-0.05, 0) is 6.07 Å². The normalized spacial score (nSPS) is 12.5. The maximum Gasteiger partial charge on any atom is 0.354 e. The quantitative estimate of drug-likeness (QED) is 0.486. The van der Waals surface area contributed by atoms with Gasteiger partial charge in [0.15, 0.2) is 17.8 Å². The van der Waals surface area contributed by atoms with E-state index in [2.05, 4.69) is 14.8 Å². The molecular weight excluding hydrogens is 294 g/mol. The highest BCUT2D eigenvalue weighted by molar-refractivity contribution is 6.00. The zero-order chi connectivity index (χ0) is 16.1. The minimum atomic E-state index is -0.792. The molecule has 0 amide bonds. The third-order valence-corrected chi connectivity index (χ3v) is 2.81. The summed E-state index contributed by atoms with van der Waals surface area (Å²) < 4.78 is 19.4. The number of esters is 2. The Bertz CT molecular complexity index is 651. The van der Waals surface area contributed by atoms with Crippen LogP contribution in [0.5, 0.6) is 11.5 Å². The number of hydrogen-bond acceptors (Lipinski definition) is 8. The van der Waals surface area contributed by atoms with E-state index in [0.29, 0.717) is 17.8 Å². The first-order valence-electron chi connectivity index (χ1n) is 6.13. The van der Waals surface area contributed by atoms with Gasteiger partial charge in [-0.3, -0.25) is 4.79 Å². The van der Waals surface area contributed by atoms with Crippen molar-refractivity contribution in [3.63, 3.8) is 0 Å². The number of aldehydes is 1. The molecule has 1 heterocycles. The Hall–Kier alpha value is -3.03. The molecule has 0 saturated heterocycles. The van der Waals surface area contributed by atoms with Crippen molar-refractivity contribution in [2.45, 2.75) is 0 Å². The fraction of sp³-hybridized carbons (Fsp3) is 0.214. The van der Waals surface area contributed by atoms with Gasteiger partial charge < -0.3 is 24.3 Å². The lowest BCUT2D eigenvalue weighted by Crippen LogP contribution is -2.16. The Labute approximate surface area is 125 Å². The lowest BCUT2D eigenvalue weighted by molar-refractivity contribution is -0.138. The van der Waals surface area contributed by atoms with E-state index >= 15 is 0 Å². The molecule has 0 aromatic heterocycles. The predicted octanol–water partition coefficient (Wildman–Crippen LogP) is 0.870. The average Bonchev–Trinajstić information content (AvgIpc) is 2.99. The number of carbonyl (C=O) groups excluding carboxylic acids is 3. The molecule has 1 aliphatic rings. The van der Waals surface area contributed by atoms with Gasteiger partial charge in [0.2, 0.25) is 6.79 Å². The van der Waals surface area contributed by atoms with Gasteiger partial charge in [-0.15, -0.1) is 0 Å². The van der Waals surface area contributed by atoms with E-state index in [0.717, 1.165) is 13.2 Å². The van der Waals surface area contributed by atoms with Crippen molar-refractivity contribution in [2.75, 3.05) is 26.3 Å². The van der Waals surface area contributed by atoms with Crippen LogP contribution in [0.4, 0.5) is 5.69 Å². The van der Waals surface area contributed by atoms with E-state index in [-0.39, 0.29) is 23.7 Å². The molecule has 0 fully saturated rings. The number of rotatable bonds is 5. The summed E-state index contributed by atoms with van der Waals surface area (Å²) in [6, 6.07) is 2.95. The van der Waals surface area contributed by atoms with Crippen LogP contribution in [0.15, 0.2) is 23.9 Å². The predicted molar refractivity (Wildman–Crippen MR) is 73.7 cm³/mol. The molecule has 8 nitrogen and oxygen atoms in total. The van der Waals surface area contributed by atoms with Gasteiger partial charge in [-0.25, -0.2) is 9.59 Å². The largest absolute Gasteiger partial charge is 0.466 e. The highest BCUT2D eigenvalue weighted by atomic mass is 16.7. The fourth-order valence-electron chi connectivity index (χ4n) is 1.74. The first kappa shape index (κ1) is 15.4. The van der Waals surface area contributed by atoms with Crippen LogP contribution in [-0.4, -0.2) is 39.2 Å².